The van der Waals surface area contributed by atoms with Gasteiger partial charge >= 0.3 is 0 Å². The highest BCUT2D eigenvalue weighted by Crippen LogP contribution is 2.32. The van der Waals surface area contributed by atoms with E-state index in [2.05, 4.69) is 31.3 Å². The molecule has 4 aromatic rings. The lowest BCUT2D eigenvalue weighted by Crippen LogP contribution is -2.32. The number of ether oxygens (including phenoxy) is 1. The number of aromatic nitrogens is 5. The number of aryl methyl sites for hydroxylation is 1. The molecule has 1 aromatic carbocycles. The number of benzene rings is 1. The Balaban J connectivity index is 1.40. The minimum absolute atomic E-state index is 0.0153. The Bertz CT molecular complexity index is 1440. The molecular weight excluding hydrogens is 476 g/mol. The molecule has 37 heavy (non-hydrogen) atoms. The van der Waals surface area contributed by atoms with Gasteiger partial charge in [-0.15, -0.1) is 0 Å². The Morgan fingerprint density at radius 3 is 2.76 bits per heavy atom. The zero-order valence-corrected chi connectivity index (χ0v) is 21.6. The summed E-state index contributed by atoms with van der Waals surface area (Å²) in [5, 5.41) is 8.04. The molecule has 4 heterocycles. The first-order valence-electron chi connectivity index (χ1n) is 12.5. The lowest BCUT2D eigenvalue weighted by Gasteiger charge is -2.28. The van der Waals surface area contributed by atoms with Crippen LogP contribution in [0.3, 0.4) is 0 Å². The topological polar surface area (TPSA) is 81.0 Å². The highest BCUT2D eigenvalue weighted by atomic mass is 19.1. The maximum atomic E-state index is 15.0. The molecule has 0 saturated carbocycles. The molecule has 10 heteroatoms. The van der Waals surface area contributed by atoms with Crippen molar-refractivity contribution in [3.63, 3.8) is 0 Å². The van der Waals surface area contributed by atoms with E-state index < -0.39 is 11.6 Å². The molecule has 1 aliphatic heterocycles. The number of rotatable bonds is 8. The molecule has 8 nitrogen and oxygen atoms in total. The third kappa shape index (κ3) is 5.17. The third-order valence-electron chi connectivity index (χ3n) is 6.69. The predicted molar refractivity (Wildman–Crippen MR) is 139 cm³/mol. The van der Waals surface area contributed by atoms with Crippen molar-refractivity contribution in [2.45, 2.75) is 39.2 Å². The second-order valence-corrected chi connectivity index (χ2v) is 9.71. The van der Waals surface area contributed by atoms with Crippen molar-refractivity contribution in [1.82, 2.24) is 29.6 Å². The van der Waals surface area contributed by atoms with E-state index in [1.807, 2.05) is 19.9 Å². The number of hydrogen-bond donors (Lipinski definition) is 1. The van der Waals surface area contributed by atoms with Crippen molar-refractivity contribution in [3.8, 4) is 11.3 Å². The summed E-state index contributed by atoms with van der Waals surface area (Å²) in [7, 11) is 3.50. The SMILES string of the molecule is COCCCN1CCc2nc(Nc3ncc(F)c(-c4cc(F)c5nn(C)c(C(C)C)c5c4)n3)ccc2C1. The molecular formula is C27H31F2N7O. The Labute approximate surface area is 214 Å². The van der Waals surface area contributed by atoms with Crippen molar-refractivity contribution in [2.24, 2.45) is 7.05 Å². The van der Waals surface area contributed by atoms with Gasteiger partial charge < -0.3 is 10.1 Å². The normalized spacial score (nSPS) is 13.9. The van der Waals surface area contributed by atoms with Crippen LogP contribution >= 0.6 is 0 Å². The molecule has 0 unspecified atom stereocenters. The molecule has 0 radical (unpaired) electrons. The number of fused-ring (bicyclic) bond motifs is 2. The van der Waals surface area contributed by atoms with Gasteiger partial charge in [-0.05, 0) is 36.1 Å². The van der Waals surface area contributed by atoms with E-state index in [-0.39, 0.29) is 23.1 Å². The van der Waals surface area contributed by atoms with E-state index in [4.69, 9.17) is 9.72 Å². The summed E-state index contributed by atoms with van der Waals surface area (Å²) in [6.45, 7) is 7.56. The number of methoxy groups -OCH3 is 1. The molecule has 0 fully saturated rings. The van der Waals surface area contributed by atoms with Crippen LogP contribution in [-0.2, 0) is 24.8 Å². The van der Waals surface area contributed by atoms with Gasteiger partial charge in [-0.3, -0.25) is 9.58 Å². The standard InChI is InChI=1S/C27H31F2N7O/c1-16(2)26-19-12-18(13-20(28)25(19)34-35(26)3)24-21(29)14-30-27(33-24)32-23-7-6-17-15-36(9-5-11-37-4)10-8-22(17)31-23/h6-7,12-14,16H,5,8-11,15H2,1-4H3,(H,30,31,32,33). The van der Waals surface area contributed by atoms with Gasteiger partial charge in [-0.25, -0.2) is 23.7 Å². The average molecular weight is 508 g/mol. The smallest absolute Gasteiger partial charge is 0.229 e. The molecule has 1 N–H and O–H groups in total. The van der Waals surface area contributed by atoms with Crippen LogP contribution in [0, 0.1) is 11.6 Å². The van der Waals surface area contributed by atoms with Gasteiger partial charge in [0.2, 0.25) is 5.95 Å². The summed E-state index contributed by atoms with van der Waals surface area (Å²) < 4.78 is 36.6. The van der Waals surface area contributed by atoms with Gasteiger partial charge in [-0.1, -0.05) is 19.9 Å². The Hall–Kier alpha value is -3.50. The molecule has 0 aliphatic carbocycles. The molecule has 0 bridgehead atoms. The van der Waals surface area contributed by atoms with Gasteiger partial charge in [0.05, 0.1) is 6.20 Å². The summed E-state index contributed by atoms with van der Waals surface area (Å²) in [6, 6.07) is 6.94. The molecule has 0 atom stereocenters. The van der Waals surface area contributed by atoms with Crippen LogP contribution in [0.5, 0.6) is 0 Å². The summed E-state index contributed by atoms with van der Waals surface area (Å²) >= 11 is 0. The maximum Gasteiger partial charge on any atom is 0.229 e. The van der Waals surface area contributed by atoms with Crippen LogP contribution in [0.4, 0.5) is 20.5 Å². The highest BCUT2D eigenvalue weighted by molar-refractivity contribution is 5.87. The fourth-order valence-electron chi connectivity index (χ4n) is 5.01. The average Bonchev–Trinajstić information content (AvgIpc) is 3.22. The number of anilines is 2. The lowest BCUT2D eigenvalue weighted by atomic mass is 10.0. The molecule has 194 valence electrons. The zero-order chi connectivity index (χ0) is 26.1. The predicted octanol–water partition coefficient (Wildman–Crippen LogP) is 4.97. The first-order valence-corrected chi connectivity index (χ1v) is 12.5. The first-order chi connectivity index (χ1) is 17.8. The molecule has 0 amide bonds. The van der Waals surface area contributed by atoms with E-state index in [1.165, 1.54) is 11.6 Å². The molecule has 0 saturated heterocycles. The van der Waals surface area contributed by atoms with E-state index in [1.54, 1.807) is 24.9 Å². The van der Waals surface area contributed by atoms with Crippen LogP contribution in [0.15, 0.2) is 30.5 Å². The fraction of sp³-hybridized carbons (Fsp3) is 0.407. The lowest BCUT2D eigenvalue weighted by molar-refractivity contribution is 0.166. The summed E-state index contributed by atoms with van der Waals surface area (Å²) in [5.41, 5.74) is 3.70. The first kappa shape index (κ1) is 25.2. The van der Waals surface area contributed by atoms with Gasteiger partial charge in [0.1, 0.15) is 17.0 Å². The van der Waals surface area contributed by atoms with E-state index >= 15 is 0 Å². The van der Waals surface area contributed by atoms with E-state index in [9.17, 15) is 8.78 Å². The third-order valence-corrected chi connectivity index (χ3v) is 6.69. The van der Waals surface area contributed by atoms with Crippen LogP contribution in [-0.4, -0.2) is 56.4 Å². The quantitative estimate of drug-likeness (QED) is 0.338. The molecule has 3 aromatic heterocycles. The van der Waals surface area contributed by atoms with Crippen molar-refractivity contribution in [3.05, 3.63) is 59.0 Å². The van der Waals surface area contributed by atoms with Gasteiger partial charge in [0.25, 0.3) is 0 Å². The second kappa shape index (κ2) is 10.5. The fourth-order valence-corrected chi connectivity index (χ4v) is 5.01. The monoisotopic (exact) mass is 507 g/mol. The van der Waals surface area contributed by atoms with Gasteiger partial charge in [0.15, 0.2) is 11.6 Å². The number of pyridine rings is 1. The Morgan fingerprint density at radius 1 is 1.14 bits per heavy atom. The van der Waals surface area contributed by atoms with E-state index in [0.717, 1.165) is 56.7 Å². The number of hydrogen-bond acceptors (Lipinski definition) is 7. The summed E-state index contributed by atoms with van der Waals surface area (Å²) in [5.74, 6) is -0.261. The van der Waals surface area contributed by atoms with Crippen molar-refractivity contribution in [1.29, 1.82) is 0 Å². The van der Waals surface area contributed by atoms with Crippen LogP contribution in [0.25, 0.3) is 22.2 Å². The summed E-state index contributed by atoms with van der Waals surface area (Å²) in [4.78, 5) is 15.6. The minimum atomic E-state index is -0.633. The Morgan fingerprint density at radius 2 is 1.97 bits per heavy atom. The largest absolute Gasteiger partial charge is 0.385 e. The number of nitrogens with one attached hydrogen (secondary N) is 1. The highest BCUT2D eigenvalue weighted by Gasteiger charge is 2.20. The van der Waals surface area contributed by atoms with Crippen LogP contribution in [0.1, 0.15) is 43.1 Å². The molecule has 5 rings (SSSR count). The minimum Gasteiger partial charge on any atom is -0.385 e. The zero-order valence-electron chi connectivity index (χ0n) is 21.6. The van der Waals surface area contributed by atoms with Crippen LogP contribution < -0.4 is 5.32 Å². The number of nitrogens with zero attached hydrogens (tertiary/aromatic N) is 6. The molecule has 1 aliphatic rings. The second-order valence-electron chi connectivity index (χ2n) is 9.71. The Kier molecular flexibility index (Phi) is 7.12. The van der Waals surface area contributed by atoms with E-state index in [0.29, 0.717) is 16.8 Å². The van der Waals surface area contributed by atoms with Crippen molar-refractivity contribution < 1.29 is 13.5 Å². The number of halogens is 2. The molecule has 0 spiro atoms. The van der Waals surface area contributed by atoms with Crippen molar-refractivity contribution in [2.75, 3.05) is 32.1 Å². The van der Waals surface area contributed by atoms with Gasteiger partial charge in [-0.2, -0.15) is 5.10 Å². The van der Waals surface area contributed by atoms with Crippen LogP contribution in [0.2, 0.25) is 0 Å². The van der Waals surface area contributed by atoms with Crippen molar-refractivity contribution >= 4 is 22.7 Å². The maximum absolute atomic E-state index is 15.0. The van der Waals surface area contributed by atoms with Gasteiger partial charge in [0, 0.05) is 69.2 Å². The summed E-state index contributed by atoms with van der Waals surface area (Å²) in [6.07, 6.45) is 2.94.